The maximum Gasteiger partial charge on any atom is 0.416 e. The van der Waals surface area contributed by atoms with E-state index in [0.717, 1.165) is 24.9 Å². The van der Waals surface area contributed by atoms with E-state index in [1.54, 1.807) is 11.0 Å². The number of hydrogen-bond acceptors (Lipinski definition) is 6. The van der Waals surface area contributed by atoms with Crippen LogP contribution in [0.15, 0.2) is 53.8 Å². The summed E-state index contributed by atoms with van der Waals surface area (Å²) in [7, 11) is -0.871. The van der Waals surface area contributed by atoms with E-state index in [-0.39, 0.29) is 17.1 Å². The lowest BCUT2D eigenvalue weighted by molar-refractivity contribution is -0.138. The molecule has 1 aliphatic heterocycles. The van der Waals surface area contributed by atoms with Crippen LogP contribution in [0.25, 0.3) is 0 Å². The SMILES string of the molecule is Cc1ccc(CC[C@@]2(N(C)C)CCCN(c3cc(F)c(S(=O)(=O)Nc4ccncn4)c(F)c3)C2)cc1C(F)(F)F. The van der Waals surface area contributed by atoms with E-state index in [1.807, 2.05) is 23.7 Å². The molecule has 2 aromatic carbocycles. The van der Waals surface area contributed by atoms with Crippen molar-refractivity contribution in [1.82, 2.24) is 14.9 Å². The minimum absolute atomic E-state index is 0.138. The molecular formula is C27H30F5N5O2S. The normalized spacial score (nSPS) is 18.3. The van der Waals surface area contributed by atoms with E-state index in [9.17, 15) is 21.6 Å². The molecular weight excluding hydrogens is 553 g/mol. The molecule has 0 radical (unpaired) electrons. The van der Waals surface area contributed by atoms with Crippen molar-refractivity contribution in [2.75, 3.05) is 36.8 Å². The third-order valence-corrected chi connectivity index (χ3v) is 8.83. The van der Waals surface area contributed by atoms with Crippen LogP contribution in [0.2, 0.25) is 0 Å². The molecule has 0 saturated carbocycles. The zero-order chi connectivity index (χ0) is 29.3. The Morgan fingerprint density at radius 2 is 1.80 bits per heavy atom. The fourth-order valence-corrected chi connectivity index (χ4v) is 6.29. The molecule has 2 heterocycles. The van der Waals surface area contributed by atoms with Gasteiger partial charge in [-0.2, -0.15) is 13.2 Å². The lowest BCUT2D eigenvalue weighted by Gasteiger charge is -2.48. The molecule has 3 aromatic rings. The van der Waals surface area contributed by atoms with Crippen LogP contribution in [0.3, 0.4) is 0 Å². The van der Waals surface area contributed by atoms with Crippen LogP contribution in [0.5, 0.6) is 0 Å². The number of piperidine rings is 1. The van der Waals surface area contributed by atoms with Gasteiger partial charge in [0.05, 0.1) is 5.56 Å². The van der Waals surface area contributed by atoms with Gasteiger partial charge in [-0.05, 0) is 82.1 Å². The Morgan fingerprint density at radius 1 is 1.10 bits per heavy atom. The Labute approximate surface area is 230 Å². The van der Waals surface area contributed by atoms with Crippen molar-refractivity contribution in [2.45, 2.75) is 49.2 Å². The van der Waals surface area contributed by atoms with Gasteiger partial charge in [-0.25, -0.2) is 27.2 Å². The van der Waals surface area contributed by atoms with Gasteiger partial charge in [0.25, 0.3) is 10.0 Å². The summed E-state index contributed by atoms with van der Waals surface area (Å²) in [5.41, 5.74) is -0.266. The zero-order valence-electron chi connectivity index (χ0n) is 22.3. The second-order valence-electron chi connectivity index (χ2n) is 10.2. The summed E-state index contributed by atoms with van der Waals surface area (Å²) in [6.45, 7) is 2.25. The molecule has 216 valence electrons. The molecule has 7 nitrogen and oxygen atoms in total. The monoisotopic (exact) mass is 583 g/mol. The number of nitrogens with one attached hydrogen (secondary N) is 1. The van der Waals surface area contributed by atoms with Gasteiger partial charge in [0.1, 0.15) is 23.8 Å². The molecule has 0 aliphatic carbocycles. The fourth-order valence-electron chi connectivity index (χ4n) is 5.16. The number of halogens is 5. The summed E-state index contributed by atoms with van der Waals surface area (Å²) in [4.78, 5) is 10.0. The van der Waals surface area contributed by atoms with E-state index in [2.05, 4.69) is 9.97 Å². The largest absolute Gasteiger partial charge is 0.416 e. The van der Waals surface area contributed by atoms with Crippen LogP contribution in [0.4, 0.5) is 33.5 Å². The van der Waals surface area contributed by atoms with Gasteiger partial charge in [-0.3, -0.25) is 4.72 Å². The molecule has 1 fully saturated rings. The molecule has 13 heteroatoms. The predicted molar refractivity (Wildman–Crippen MR) is 142 cm³/mol. The van der Waals surface area contributed by atoms with Gasteiger partial charge in [0, 0.05) is 30.5 Å². The number of nitrogens with zero attached hydrogens (tertiary/aromatic N) is 4. The highest BCUT2D eigenvalue weighted by Gasteiger charge is 2.38. The molecule has 1 aromatic heterocycles. The number of likely N-dealkylation sites (N-methyl/N-ethyl adjacent to an activating group) is 1. The number of sulfonamides is 1. The van der Waals surface area contributed by atoms with E-state index < -0.39 is 43.8 Å². The number of hydrogen-bond donors (Lipinski definition) is 1. The van der Waals surface area contributed by atoms with Crippen molar-refractivity contribution in [2.24, 2.45) is 0 Å². The number of alkyl halides is 3. The zero-order valence-corrected chi connectivity index (χ0v) is 23.1. The topological polar surface area (TPSA) is 78.4 Å². The first-order valence-electron chi connectivity index (χ1n) is 12.6. The predicted octanol–water partition coefficient (Wildman–Crippen LogP) is 5.42. The van der Waals surface area contributed by atoms with E-state index >= 15 is 8.78 Å². The lowest BCUT2D eigenvalue weighted by Crippen LogP contribution is -2.56. The van der Waals surface area contributed by atoms with Crippen LogP contribution < -0.4 is 9.62 Å². The molecule has 0 bridgehead atoms. The van der Waals surface area contributed by atoms with Gasteiger partial charge < -0.3 is 9.80 Å². The number of rotatable bonds is 8. The highest BCUT2D eigenvalue weighted by molar-refractivity contribution is 7.92. The van der Waals surface area contributed by atoms with Crippen LogP contribution in [0.1, 0.15) is 36.0 Å². The average Bonchev–Trinajstić information content (AvgIpc) is 2.87. The van der Waals surface area contributed by atoms with E-state index in [1.165, 1.54) is 31.3 Å². The van der Waals surface area contributed by atoms with Gasteiger partial charge in [0.2, 0.25) is 0 Å². The Kier molecular flexibility index (Phi) is 8.36. The molecule has 1 atom stereocenters. The van der Waals surface area contributed by atoms with Crippen LogP contribution >= 0.6 is 0 Å². The third-order valence-electron chi connectivity index (χ3n) is 7.43. The van der Waals surface area contributed by atoms with Gasteiger partial charge in [-0.15, -0.1) is 0 Å². The van der Waals surface area contributed by atoms with E-state index in [4.69, 9.17) is 0 Å². The van der Waals surface area contributed by atoms with Crippen molar-refractivity contribution in [3.05, 3.63) is 77.2 Å². The van der Waals surface area contributed by atoms with Crippen molar-refractivity contribution in [3.63, 3.8) is 0 Å². The molecule has 0 unspecified atom stereocenters. The molecule has 4 rings (SSSR count). The fraction of sp³-hybridized carbons (Fsp3) is 0.407. The van der Waals surface area contributed by atoms with Crippen LogP contribution in [0, 0.1) is 18.6 Å². The molecule has 0 amide bonds. The Balaban J connectivity index is 1.57. The standard InChI is InChI=1S/C27H30F5N5O2S/c1-18-5-6-19(13-21(18)27(30,31)32)7-10-26(36(2)3)9-4-12-37(16-26)20-14-22(28)25(23(29)15-20)40(38,39)35-24-8-11-33-17-34-24/h5-6,8,11,13-15,17H,4,7,9-10,12,16H2,1-3H3,(H,33,34,35)/t26-/m0/s1. The molecule has 1 aliphatic rings. The van der Waals surface area contributed by atoms with Crippen molar-refractivity contribution in [1.29, 1.82) is 0 Å². The molecule has 0 spiro atoms. The summed E-state index contributed by atoms with van der Waals surface area (Å²) in [5.74, 6) is -2.64. The first-order valence-corrected chi connectivity index (χ1v) is 14.1. The Hall–Kier alpha value is -3.32. The summed E-state index contributed by atoms with van der Waals surface area (Å²) in [6, 6.07) is 7.55. The number of aryl methyl sites for hydroxylation is 2. The highest BCUT2D eigenvalue weighted by Crippen LogP contribution is 2.36. The summed E-state index contributed by atoms with van der Waals surface area (Å²) >= 11 is 0. The van der Waals surface area contributed by atoms with Gasteiger partial charge >= 0.3 is 6.18 Å². The van der Waals surface area contributed by atoms with Crippen molar-refractivity contribution < 1.29 is 30.4 Å². The second-order valence-corrected chi connectivity index (χ2v) is 11.8. The minimum atomic E-state index is -4.61. The maximum absolute atomic E-state index is 15.1. The molecule has 40 heavy (non-hydrogen) atoms. The Morgan fingerprint density at radius 3 is 2.40 bits per heavy atom. The highest BCUT2D eigenvalue weighted by atomic mass is 32.2. The minimum Gasteiger partial charge on any atom is -0.370 e. The smallest absolute Gasteiger partial charge is 0.370 e. The van der Waals surface area contributed by atoms with Crippen molar-refractivity contribution >= 4 is 21.5 Å². The number of benzene rings is 2. The Bertz CT molecular complexity index is 1440. The summed E-state index contributed by atoms with van der Waals surface area (Å²) < 4.78 is 98.0. The summed E-state index contributed by atoms with van der Waals surface area (Å²) in [5, 5.41) is 0. The maximum atomic E-state index is 15.1. The van der Waals surface area contributed by atoms with Crippen LogP contribution in [-0.4, -0.2) is 56.0 Å². The first kappa shape index (κ1) is 29.7. The van der Waals surface area contributed by atoms with Gasteiger partial charge in [-0.1, -0.05) is 12.1 Å². The molecule has 1 saturated heterocycles. The number of aromatic nitrogens is 2. The quantitative estimate of drug-likeness (QED) is 0.357. The second kappa shape index (κ2) is 11.3. The van der Waals surface area contributed by atoms with Gasteiger partial charge in [0.15, 0.2) is 4.90 Å². The van der Waals surface area contributed by atoms with E-state index in [0.29, 0.717) is 37.9 Å². The first-order chi connectivity index (χ1) is 18.7. The third kappa shape index (κ3) is 6.35. The molecule has 1 N–H and O–H groups in total. The summed E-state index contributed by atoms with van der Waals surface area (Å²) in [6.07, 6.45) is 0.213. The number of anilines is 2. The van der Waals surface area contributed by atoms with Crippen molar-refractivity contribution in [3.8, 4) is 0 Å². The average molecular weight is 584 g/mol. The van der Waals surface area contributed by atoms with Crippen LogP contribution in [-0.2, 0) is 22.6 Å². The lowest BCUT2D eigenvalue weighted by atomic mass is 9.82.